The van der Waals surface area contributed by atoms with Gasteiger partial charge in [-0.2, -0.15) is 0 Å². The number of nitrogens with one attached hydrogen (secondary N) is 1. The van der Waals surface area contributed by atoms with E-state index in [0.717, 1.165) is 12.1 Å². The lowest BCUT2D eigenvalue weighted by Crippen LogP contribution is -2.29. The Morgan fingerprint density at radius 3 is 3.07 bits per heavy atom. The number of imidazole rings is 1. The fourth-order valence-electron chi connectivity index (χ4n) is 1.32. The van der Waals surface area contributed by atoms with Crippen molar-refractivity contribution in [2.75, 3.05) is 6.54 Å². The van der Waals surface area contributed by atoms with Crippen LogP contribution in [0.2, 0.25) is 0 Å². The van der Waals surface area contributed by atoms with Gasteiger partial charge in [-0.3, -0.25) is 4.79 Å². The molecular formula is C10H18N4O. The molecule has 0 aliphatic carbocycles. The molecule has 1 aromatic rings. The summed E-state index contributed by atoms with van der Waals surface area (Å²) in [6, 6.07) is -0.105. The number of hydrogen-bond acceptors (Lipinski definition) is 3. The lowest BCUT2D eigenvalue weighted by atomic mass is 10.3. The third-order valence-corrected chi connectivity index (χ3v) is 2.10. The van der Waals surface area contributed by atoms with Crippen LogP contribution in [0.5, 0.6) is 0 Å². The van der Waals surface area contributed by atoms with Gasteiger partial charge in [0.05, 0.1) is 12.0 Å². The predicted octanol–water partition coefficient (Wildman–Crippen LogP) is 0.429. The zero-order chi connectivity index (χ0) is 11.3. The zero-order valence-corrected chi connectivity index (χ0v) is 9.23. The maximum Gasteiger partial charge on any atom is 0.239 e. The molecule has 1 aromatic heterocycles. The van der Waals surface area contributed by atoms with Crippen molar-refractivity contribution in [1.82, 2.24) is 14.9 Å². The molecule has 1 rings (SSSR count). The molecule has 1 unspecified atom stereocenters. The molecule has 0 aromatic carbocycles. The third kappa shape index (κ3) is 3.36. The molecule has 0 radical (unpaired) electrons. The van der Waals surface area contributed by atoms with Crippen molar-refractivity contribution >= 4 is 5.91 Å². The SMILES string of the molecule is CCCNC(=O)Cn1cncc1C(C)N. The lowest BCUT2D eigenvalue weighted by molar-refractivity contribution is -0.121. The van der Waals surface area contributed by atoms with E-state index in [4.69, 9.17) is 5.73 Å². The number of rotatable bonds is 5. The van der Waals surface area contributed by atoms with Gasteiger partial charge < -0.3 is 15.6 Å². The summed E-state index contributed by atoms with van der Waals surface area (Å²) in [6.07, 6.45) is 4.26. The Labute approximate surface area is 89.7 Å². The minimum Gasteiger partial charge on any atom is -0.355 e. The Morgan fingerprint density at radius 1 is 1.73 bits per heavy atom. The minimum atomic E-state index is -0.105. The Kier molecular flexibility index (Phi) is 4.30. The van der Waals surface area contributed by atoms with Crippen LogP contribution in [0.1, 0.15) is 32.0 Å². The van der Waals surface area contributed by atoms with Gasteiger partial charge in [0, 0.05) is 18.8 Å². The van der Waals surface area contributed by atoms with Crippen LogP contribution in [-0.2, 0) is 11.3 Å². The number of hydrogen-bond donors (Lipinski definition) is 2. The van der Waals surface area contributed by atoms with Crippen LogP contribution in [0, 0.1) is 0 Å². The maximum absolute atomic E-state index is 11.4. The van der Waals surface area contributed by atoms with E-state index in [1.807, 2.05) is 13.8 Å². The van der Waals surface area contributed by atoms with Gasteiger partial charge in [0.1, 0.15) is 6.54 Å². The smallest absolute Gasteiger partial charge is 0.239 e. The molecule has 0 saturated heterocycles. The van der Waals surface area contributed by atoms with Gasteiger partial charge in [0.25, 0.3) is 0 Å². The number of carbonyl (C=O) groups excluding carboxylic acids is 1. The summed E-state index contributed by atoms with van der Waals surface area (Å²) in [5, 5.41) is 2.81. The first-order valence-electron chi connectivity index (χ1n) is 5.17. The van der Waals surface area contributed by atoms with Gasteiger partial charge in [0.15, 0.2) is 0 Å². The van der Waals surface area contributed by atoms with E-state index >= 15 is 0 Å². The molecule has 0 aliphatic rings. The average Bonchev–Trinajstić information content (AvgIpc) is 2.62. The van der Waals surface area contributed by atoms with Crippen molar-refractivity contribution in [2.45, 2.75) is 32.9 Å². The van der Waals surface area contributed by atoms with Crippen molar-refractivity contribution in [3.8, 4) is 0 Å². The quantitative estimate of drug-likeness (QED) is 0.740. The summed E-state index contributed by atoms with van der Waals surface area (Å²) in [5.41, 5.74) is 6.62. The summed E-state index contributed by atoms with van der Waals surface area (Å²) >= 11 is 0. The van der Waals surface area contributed by atoms with Crippen molar-refractivity contribution < 1.29 is 4.79 Å². The zero-order valence-electron chi connectivity index (χ0n) is 9.23. The average molecular weight is 210 g/mol. The van der Waals surface area contributed by atoms with Crippen LogP contribution >= 0.6 is 0 Å². The lowest BCUT2D eigenvalue weighted by Gasteiger charge is -2.10. The number of nitrogens with two attached hydrogens (primary N) is 1. The summed E-state index contributed by atoms with van der Waals surface area (Å²) in [6.45, 7) is 4.89. The third-order valence-electron chi connectivity index (χ3n) is 2.10. The summed E-state index contributed by atoms with van der Waals surface area (Å²) in [5.74, 6) is -0.00301. The highest BCUT2D eigenvalue weighted by molar-refractivity contribution is 5.75. The van der Waals surface area contributed by atoms with E-state index in [2.05, 4.69) is 10.3 Å². The van der Waals surface area contributed by atoms with Crippen LogP contribution in [0.25, 0.3) is 0 Å². The molecule has 1 atom stereocenters. The summed E-state index contributed by atoms with van der Waals surface area (Å²) in [7, 11) is 0. The van der Waals surface area contributed by atoms with E-state index in [0.29, 0.717) is 6.54 Å². The number of aromatic nitrogens is 2. The van der Waals surface area contributed by atoms with Crippen LogP contribution in [-0.4, -0.2) is 22.0 Å². The van der Waals surface area contributed by atoms with Crippen LogP contribution in [0.4, 0.5) is 0 Å². The number of carbonyl (C=O) groups is 1. The molecule has 0 aliphatic heterocycles. The van der Waals surface area contributed by atoms with Gasteiger partial charge in [-0.1, -0.05) is 6.92 Å². The number of amides is 1. The second-order valence-electron chi connectivity index (χ2n) is 3.59. The molecule has 1 heterocycles. The predicted molar refractivity (Wildman–Crippen MR) is 58.1 cm³/mol. The molecule has 15 heavy (non-hydrogen) atoms. The van der Waals surface area contributed by atoms with Crippen molar-refractivity contribution in [1.29, 1.82) is 0 Å². The highest BCUT2D eigenvalue weighted by Crippen LogP contribution is 2.07. The molecule has 84 valence electrons. The largest absolute Gasteiger partial charge is 0.355 e. The van der Waals surface area contributed by atoms with Gasteiger partial charge in [0.2, 0.25) is 5.91 Å². The van der Waals surface area contributed by atoms with Gasteiger partial charge >= 0.3 is 0 Å². The van der Waals surface area contributed by atoms with Gasteiger partial charge in [-0.25, -0.2) is 4.98 Å². The van der Waals surface area contributed by atoms with E-state index < -0.39 is 0 Å². The molecule has 0 fully saturated rings. The first-order valence-corrected chi connectivity index (χ1v) is 5.17. The Bertz CT molecular complexity index is 319. The maximum atomic E-state index is 11.4. The molecule has 0 bridgehead atoms. The minimum absolute atomic E-state index is 0.00301. The molecule has 0 spiro atoms. The standard InChI is InChI=1S/C10H18N4O/c1-3-4-13-10(15)6-14-7-12-5-9(14)8(2)11/h5,7-8H,3-4,6,11H2,1-2H3,(H,13,15). The summed E-state index contributed by atoms with van der Waals surface area (Å²) < 4.78 is 1.77. The van der Waals surface area contributed by atoms with E-state index in [1.165, 1.54) is 0 Å². The fraction of sp³-hybridized carbons (Fsp3) is 0.600. The Hall–Kier alpha value is -1.36. The first-order chi connectivity index (χ1) is 7.15. The normalized spacial score (nSPS) is 12.5. The van der Waals surface area contributed by atoms with E-state index in [1.54, 1.807) is 17.1 Å². The van der Waals surface area contributed by atoms with E-state index in [-0.39, 0.29) is 18.5 Å². The van der Waals surface area contributed by atoms with Crippen LogP contribution < -0.4 is 11.1 Å². The second kappa shape index (κ2) is 5.50. The first kappa shape index (κ1) is 11.7. The van der Waals surface area contributed by atoms with Gasteiger partial charge in [-0.05, 0) is 13.3 Å². The highest BCUT2D eigenvalue weighted by atomic mass is 16.1. The Morgan fingerprint density at radius 2 is 2.47 bits per heavy atom. The topological polar surface area (TPSA) is 72.9 Å². The second-order valence-corrected chi connectivity index (χ2v) is 3.59. The molecule has 1 amide bonds. The van der Waals surface area contributed by atoms with Crippen molar-refractivity contribution in [3.05, 3.63) is 18.2 Å². The molecular weight excluding hydrogens is 192 g/mol. The van der Waals surface area contributed by atoms with Crippen molar-refractivity contribution in [2.24, 2.45) is 5.73 Å². The van der Waals surface area contributed by atoms with Crippen LogP contribution in [0.15, 0.2) is 12.5 Å². The molecule has 0 saturated carbocycles. The molecule has 3 N–H and O–H groups in total. The van der Waals surface area contributed by atoms with Crippen LogP contribution in [0.3, 0.4) is 0 Å². The van der Waals surface area contributed by atoms with E-state index in [9.17, 15) is 4.79 Å². The summed E-state index contributed by atoms with van der Waals surface area (Å²) in [4.78, 5) is 15.4. The number of nitrogens with zero attached hydrogens (tertiary/aromatic N) is 2. The monoisotopic (exact) mass is 210 g/mol. The van der Waals surface area contributed by atoms with Crippen molar-refractivity contribution in [3.63, 3.8) is 0 Å². The molecule has 5 nitrogen and oxygen atoms in total. The highest BCUT2D eigenvalue weighted by Gasteiger charge is 2.09. The van der Waals surface area contributed by atoms with Gasteiger partial charge in [-0.15, -0.1) is 0 Å². The molecule has 5 heteroatoms. The fourth-order valence-corrected chi connectivity index (χ4v) is 1.32. The Balaban J connectivity index is 2.56.